The lowest BCUT2D eigenvalue weighted by molar-refractivity contribution is -0.136. The van der Waals surface area contributed by atoms with Gasteiger partial charge in [-0.2, -0.15) is 0 Å². The van der Waals surface area contributed by atoms with Crippen molar-refractivity contribution in [1.82, 2.24) is 4.90 Å². The maximum absolute atomic E-state index is 12.3. The molecule has 1 aliphatic heterocycles. The van der Waals surface area contributed by atoms with E-state index in [-0.39, 0.29) is 30.1 Å². The molecule has 1 heterocycles. The molecule has 0 spiro atoms. The van der Waals surface area contributed by atoms with E-state index in [0.29, 0.717) is 12.2 Å². The number of carbonyl (C=O) groups excluding carboxylic acids is 3. The van der Waals surface area contributed by atoms with Crippen LogP contribution in [0.2, 0.25) is 0 Å². The number of amides is 2. The van der Waals surface area contributed by atoms with Crippen molar-refractivity contribution in [3.63, 3.8) is 0 Å². The van der Waals surface area contributed by atoms with Gasteiger partial charge in [0.05, 0.1) is 12.5 Å². The zero-order valence-electron chi connectivity index (χ0n) is 12.4. The van der Waals surface area contributed by atoms with Gasteiger partial charge in [0.2, 0.25) is 11.8 Å². The number of rotatable bonds is 4. The highest BCUT2D eigenvalue weighted by Crippen LogP contribution is 2.20. The second kappa shape index (κ2) is 6.52. The van der Waals surface area contributed by atoms with Crippen molar-refractivity contribution in [1.29, 1.82) is 0 Å². The number of hydrogen-bond acceptors (Lipinski definition) is 3. The summed E-state index contributed by atoms with van der Waals surface area (Å²) in [6.45, 7) is 3.65. The van der Waals surface area contributed by atoms with Gasteiger partial charge in [-0.15, -0.1) is 0 Å². The summed E-state index contributed by atoms with van der Waals surface area (Å²) < 4.78 is 0. The highest BCUT2D eigenvalue weighted by atomic mass is 16.2. The van der Waals surface area contributed by atoms with E-state index in [2.05, 4.69) is 5.32 Å². The zero-order valence-corrected chi connectivity index (χ0v) is 12.4. The first-order chi connectivity index (χ1) is 9.97. The van der Waals surface area contributed by atoms with Crippen LogP contribution >= 0.6 is 0 Å². The molecule has 0 unspecified atom stereocenters. The standard InChI is InChI=1S/C16H20N2O3/c1-11(19)15-4-3-9-18(15)16(21)10-13-5-7-14(8-6-13)17-12(2)20/h5-8,15H,3-4,9-10H2,1-2H3,(H,17,20)/t15-/m0/s1. The molecule has 2 amide bonds. The van der Waals surface area contributed by atoms with E-state index < -0.39 is 0 Å². The van der Waals surface area contributed by atoms with Gasteiger partial charge in [-0.1, -0.05) is 12.1 Å². The minimum Gasteiger partial charge on any atom is -0.332 e. The Hall–Kier alpha value is -2.17. The summed E-state index contributed by atoms with van der Waals surface area (Å²) in [5.41, 5.74) is 1.59. The van der Waals surface area contributed by atoms with Crippen molar-refractivity contribution in [3.8, 4) is 0 Å². The Morgan fingerprint density at radius 1 is 1.19 bits per heavy atom. The maximum atomic E-state index is 12.3. The quantitative estimate of drug-likeness (QED) is 0.918. The average Bonchev–Trinajstić information content (AvgIpc) is 2.90. The van der Waals surface area contributed by atoms with Crippen LogP contribution in [0, 0.1) is 0 Å². The predicted octanol–water partition coefficient (Wildman–Crippen LogP) is 1.77. The summed E-state index contributed by atoms with van der Waals surface area (Å²) >= 11 is 0. The van der Waals surface area contributed by atoms with Crippen LogP contribution < -0.4 is 5.32 Å². The molecule has 0 aliphatic carbocycles. The van der Waals surface area contributed by atoms with Crippen LogP contribution in [0.15, 0.2) is 24.3 Å². The van der Waals surface area contributed by atoms with Gasteiger partial charge in [-0.3, -0.25) is 14.4 Å². The fourth-order valence-corrected chi connectivity index (χ4v) is 2.67. The number of benzene rings is 1. The monoisotopic (exact) mass is 288 g/mol. The molecular formula is C16H20N2O3. The molecule has 5 heteroatoms. The van der Waals surface area contributed by atoms with Gasteiger partial charge < -0.3 is 10.2 Å². The normalized spacial score (nSPS) is 17.6. The second-order valence-electron chi connectivity index (χ2n) is 5.41. The highest BCUT2D eigenvalue weighted by Gasteiger charge is 2.31. The van der Waals surface area contributed by atoms with Crippen molar-refractivity contribution < 1.29 is 14.4 Å². The molecule has 0 radical (unpaired) electrons. The van der Waals surface area contributed by atoms with Crippen LogP contribution in [0.3, 0.4) is 0 Å². The Bertz CT molecular complexity index is 551. The number of ketones is 1. The largest absolute Gasteiger partial charge is 0.332 e. The molecule has 1 N–H and O–H groups in total. The number of anilines is 1. The third kappa shape index (κ3) is 3.90. The third-order valence-electron chi connectivity index (χ3n) is 3.67. The van der Waals surface area contributed by atoms with Crippen LogP contribution in [-0.2, 0) is 20.8 Å². The highest BCUT2D eigenvalue weighted by molar-refractivity contribution is 5.90. The molecule has 2 rings (SSSR count). The van der Waals surface area contributed by atoms with Gasteiger partial charge in [0.15, 0.2) is 5.78 Å². The Balaban J connectivity index is 1.99. The van der Waals surface area contributed by atoms with Gasteiger partial charge in [0.1, 0.15) is 0 Å². The Morgan fingerprint density at radius 3 is 2.43 bits per heavy atom. The van der Waals surface area contributed by atoms with E-state index in [0.717, 1.165) is 18.4 Å². The molecule has 112 valence electrons. The summed E-state index contributed by atoms with van der Waals surface area (Å²) in [5.74, 6) is -0.0815. The summed E-state index contributed by atoms with van der Waals surface area (Å²) in [4.78, 5) is 36.5. The SMILES string of the molecule is CC(=O)Nc1ccc(CC(=O)N2CCC[C@H]2C(C)=O)cc1. The van der Waals surface area contributed by atoms with Gasteiger partial charge in [-0.05, 0) is 37.5 Å². The van der Waals surface area contributed by atoms with Crippen LogP contribution in [0.25, 0.3) is 0 Å². The number of nitrogens with zero attached hydrogens (tertiary/aromatic N) is 1. The minimum atomic E-state index is -0.254. The molecule has 1 saturated heterocycles. The summed E-state index contributed by atoms with van der Waals surface area (Å²) in [5, 5.41) is 2.68. The molecular weight excluding hydrogens is 268 g/mol. The number of nitrogens with one attached hydrogen (secondary N) is 1. The van der Waals surface area contributed by atoms with Crippen LogP contribution in [0.1, 0.15) is 32.3 Å². The van der Waals surface area contributed by atoms with Crippen LogP contribution in [-0.4, -0.2) is 35.1 Å². The maximum Gasteiger partial charge on any atom is 0.227 e. The molecule has 0 aromatic heterocycles. The Labute approximate surface area is 124 Å². The summed E-state index contributed by atoms with van der Waals surface area (Å²) in [7, 11) is 0. The summed E-state index contributed by atoms with van der Waals surface area (Å²) in [6, 6.07) is 6.94. The van der Waals surface area contributed by atoms with Gasteiger partial charge >= 0.3 is 0 Å². The van der Waals surface area contributed by atoms with Crippen molar-refractivity contribution in [2.75, 3.05) is 11.9 Å². The lowest BCUT2D eigenvalue weighted by Crippen LogP contribution is -2.40. The lowest BCUT2D eigenvalue weighted by atomic mass is 10.1. The number of Topliss-reactive ketones (excluding diaryl/α,β-unsaturated/α-hetero) is 1. The zero-order chi connectivity index (χ0) is 15.4. The predicted molar refractivity (Wildman–Crippen MR) is 79.9 cm³/mol. The first kappa shape index (κ1) is 15.2. The Morgan fingerprint density at radius 2 is 1.86 bits per heavy atom. The smallest absolute Gasteiger partial charge is 0.227 e. The molecule has 5 nitrogen and oxygen atoms in total. The molecule has 21 heavy (non-hydrogen) atoms. The van der Waals surface area contributed by atoms with E-state index in [9.17, 15) is 14.4 Å². The number of hydrogen-bond donors (Lipinski definition) is 1. The first-order valence-electron chi connectivity index (χ1n) is 7.14. The van der Waals surface area contributed by atoms with Gasteiger partial charge in [0.25, 0.3) is 0 Å². The van der Waals surface area contributed by atoms with Crippen LogP contribution in [0.5, 0.6) is 0 Å². The van der Waals surface area contributed by atoms with E-state index >= 15 is 0 Å². The topological polar surface area (TPSA) is 66.5 Å². The molecule has 1 aliphatic rings. The Kier molecular flexibility index (Phi) is 4.73. The van der Waals surface area contributed by atoms with E-state index in [1.165, 1.54) is 6.92 Å². The summed E-state index contributed by atoms with van der Waals surface area (Å²) in [6.07, 6.45) is 1.93. The van der Waals surface area contributed by atoms with Crippen LogP contribution in [0.4, 0.5) is 5.69 Å². The number of likely N-dealkylation sites (tertiary alicyclic amines) is 1. The molecule has 0 bridgehead atoms. The molecule has 0 saturated carbocycles. The van der Waals surface area contributed by atoms with Crippen molar-refractivity contribution in [2.45, 2.75) is 39.2 Å². The molecule has 1 fully saturated rings. The minimum absolute atomic E-state index is 0.0139. The van der Waals surface area contributed by atoms with Crippen molar-refractivity contribution in [2.24, 2.45) is 0 Å². The third-order valence-corrected chi connectivity index (χ3v) is 3.67. The van der Waals surface area contributed by atoms with E-state index in [4.69, 9.17) is 0 Å². The van der Waals surface area contributed by atoms with Gasteiger partial charge in [0, 0.05) is 19.2 Å². The molecule has 1 aromatic carbocycles. The lowest BCUT2D eigenvalue weighted by Gasteiger charge is -2.22. The average molecular weight is 288 g/mol. The fourth-order valence-electron chi connectivity index (χ4n) is 2.67. The van der Waals surface area contributed by atoms with Crippen molar-refractivity contribution >= 4 is 23.3 Å². The van der Waals surface area contributed by atoms with E-state index in [1.54, 1.807) is 24.0 Å². The number of carbonyl (C=O) groups is 3. The van der Waals surface area contributed by atoms with Gasteiger partial charge in [-0.25, -0.2) is 0 Å². The van der Waals surface area contributed by atoms with Crippen molar-refractivity contribution in [3.05, 3.63) is 29.8 Å². The molecule has 1 aromatic rings. The first-order valence-corrected chi connectivity index (χ1v) is 7.14. The van der Waals surface area contributed by atoms with E-state index in [1.807, 2.05) is 12.1 Å². The fraction of sp³-hybridized carbons (Fsp3) is 0.438. The second-order valence-corrected chi connectivity index (χ2v) is 5.41. The molecule has 1 atom stereocenters.